The molecule has 6 heterocycles. The number of aryl methyl sites for hydroxylation is 2. The van der Waals surface area contributed by atoms with Gasteiger partial charge in [0, 0.05) is 36.3 Å². The lowest BCUT2D eigenvalue weighted by Crippen LogP contribution is -2.50. The second-order valence-electron chi connectivity index (χ2n) is 31.2. The predicted octanol–water partition coefficient (Wildman–Crippen LogP) is 10.6. The number of carboxylic acid groups (broad SMARTS) is 1. The largest absolute Gasteiger partial charge is 0.497 e. The quantitative estimate of drug-likeness (QED) is 0.139. The summed E-state index contributed by atoms with van der Waals surface area (Å²) < 4.78 is 91.1. The van der Waals surface area contributed by atoms with Crippen molar-refractivity contribution < 1.29 is 84.3 Å². The van der Waals surface area contributed by atoms with Crippen molar-refractivity contribution in [2.75, 3.05) is 27.3 Å². The lowest BCUT2D eigenvalue weighted by atomic mass is 9.77. The van der Waals surface area contributed by atoms with Crippen LogP contribution in [0.2, 0.25) is 0 Å². The average molecular weight is 1400 g/mol. The molecule has 542 valence electrons. The van der Waals surface area contributed by atoms with E-state index in [4.69, 9.17) is 48.4 Å². The van der Waals surface area contributed by atoms with Gasteiger partial charge in [0.25, 0.3) is 0 Å². The fourth-order valence-electron chi connectivity index (χ4n) is 14.9. The molecule has 3 amide bonds. The van der Waals surface area contributed by atoms with Crippen molar-refractivity contribution in [2.24, 2.45) is 57.7 Å². The SMILES string of the molecule is C.COc1ccc2nc3c(nc2c1)O[C@H]1CN(C(=O)[C@H](C(C)(C)C)CC(=O)O[C@@H]2C[C@H]2CCCCC3)[C@H](C(=O)C[C@]2(C(=O)NS(=O)(=O)C3(C)CC3)C[C@H]2C(F)F)[C@@H]1C.COc1ccc2nc3c(nc2c1)O[C@H]1CN(C(=O)[C@H](C(C)(C)C)CC(=O)O[C@@H]2C[C@H]2CCCCC3)[C@H](C(=O)O)[C@@H]1C. The van der Waals surface area contributed by atoms with Crippen LogP contribution < -0.4 is 23.7 Å². The Kier molecular flexibility index (Phi) is 21.7. The third-order valence-corrected chi connectivity index (χ3v) is 24.1. The smallest absolute Gasteiger partial charge is 0.326 e. The van der Waals surface area contributed by atoms with E-state index in [1.165, 1.54) is 16.7 Å². The fourth-order valence-corrected chi connectivity index (χ4v) is 16.2. The summed E-state index contributed by atoms with van der Waals surface area (Å²) in [5.41, 5.74) is 0.500. The molecular formula is C73H99F2N7O16S. The van der Waals surface area contributed by atoms with Crippen LogP contribution in [0.3, 0.4) is 0 Å². The summed E-state index contributed by atoms with van der Waals surface area (Å²) in [6.07, 6.45) is 4.70. The summed E-state index contributed by atoms with van der Waals surface area (Å²) in [7, 11) is -1.06. The van der Waals surface area contributed by atoms with Crippen LogP contribution in [0.15, 0.2) is 36.4 Å². The van der Waals surface area contributed by atoms with Gasteiger partial charge in [-0.1, -0.05) is 88.5 Å². The topological polar surface area (TPSA) is 299 Å². The summed E-state index contributed by atoms with van der Waals surface area (Å²) in [4.78, 5) is 118. The molecule has 2 N–H and O–H groups in total. The number of sulfonamides is 1. The van der Waals surface area contributed by atoms with E-state index in [2.05, 4.69) is 0 Å². The van der Waals surface area contributed by atoms with Crippen LogP contribution in [-0.4, -0.2) is 160 Å². The van der Waals surface area contributed by atoms with Crippen LogP contribution >= 0.6 is 0 Å². The van der Waals surface area contributed by atoms with Crippen molar-refractivity contribution in [3.63, 3.8) is 0 Å². The Morgan fingerprint density at radius 1 is 0.657 bits per heavy atom. The van der Waals surface area contributed by atoms with E-state index >= 15 is 0 Å². The first-order valence-electron chi connectivity index (χ1n) is 34.9. The molecule has 0 spiro atoms. The Hall–Kier alpha value is -7.38. The van der Waals surface area contributed by atoms with Crippen molar-refractivity contribution >= 4 is 73.5 Å². The molecule has 2 saturated heterocycles. The second kappa shape index (κ2) is 28.9. The van der Waals surface area contributed by atoms with Gasteiger partial charge >= 0.3 is 17.9 Å². The molecule has 0 radical (unpaired) electrons. The molecule has 4 bridgehead atoms. The number of halogens is 2. The van der Waals surface area contributed by atoms with Crippen LogP contribution in [0.25, 0.3) is 22.1 Å². The van der Waals surface area contributed by atoms with E-state index in [-0.39, 0.29) is 69.7 Å². The summed E-state index contributed by atoms with van der Waals surface area (Å²) in [5, 5.41) is 10.2. The van der Waals surface area contributed by atoms with E-state index in [0.29, 0.717) is 71.2 Å². The Bertz CT molecular complexity index is 3860. The number of carbonyl (C=O) groups is 7. The number of Topliss-reactive ketones (excluding diaryl/α,β-unsaturated/α-hetero) is 1. The van der Waals surface area contributed by atoms with Gasteiger partial charge < -0.3 is 43.3 Å². The first-order chi connectivity index (χ1) is 46.2. The molecule has 2 aromatic carbocycles. The third-order valence-electron chi connectivity index (χ3n) is 22.0. The number of carbonyl (C=O) groups excluding carboxylic acids is 6. The van der Waals surface area contributed by atoms with E-state index in [9.17, 15) is 55.9 Å². The zero-order valence-electron chi connectivity index (χ0n) is 58.1. The van der Waals surface area contributed by atoms with E-state index in [1.807, 2.05) is 64.5 Å². The van der Waals surface area contributed by atoms with E-state index in [1.54, 1.807) is 46.3 Å². The van der Waals surface area contributed by atoms with Gasteiger partial charge in [0.05, 0.1) is 90.3 Å². The minimum absolute atomic E-state index is 0. The maximum absolute atomic E-state index is 14.8. The Morgan fingerprint density at radius 3 is 1.51 bits per heavy atom. The van der Waals surface area contributed by atoms with Crippen LogP contribution in [0.4, 0.5) is 8.78 Å². The van der Waals surface area contributed by atoms with Crippen molar-refractivity contribution in [3.05, 3.63) is 47.8 Å². The molecule has 12 rings (SSSR count). The average Bonchev–Trinajstić information content (AvgIpc) is 1.56. The standard InChI is InChI=1S/C41H54F2N4O9S.C31H41N3O7.CH4/c1-22-32-21-47(34(22)30(48)20-41(19-26(41)35(42)43)38(51)46-57(52,53)40(5)14-15-40)37(50)25(39(2,3)4)18-33(49)55-31-16-23(31)10-8-7-9-11-28-36(56-32)45-29-17-24(54-6)12-13-27(29)44-28;1-17-25-16-34(27(17)30(37)38)29(36)20(31(2,3)4)15-26(35)40-24-13-18(24)9-7-6-8-10-22-28(41-25)33-23-14-19(39-5)11-12-21(23)32-22;/h12-13,17,22-23,25-26,31-32,34-35H,7-11,14-16,18-21H2,1-6H3,(H,46,51);11-12,14,17-18,20,24-25,27H,6-10,13,15-16H2,1-5H3,(H,37,38);1H4/t22-,23-,25-,26+,31-,32+,34+,41-;17-,18-,20-,24-,25+,27+;/m11./s1. The van der Waals surface area contributed by atoms with Gasteiger partial charge in [-0.2, -0.15) is 0 Å². The monoisotopic (exact) mass is 1400 g/mol. The van der Waals surface area contributed by atoms with Crippen LogP contribution in [0, 0.1) is 57.7 Å². The highest BCUT2D eigenvalue weighted by Crippen LogP contribution is 2.60. The van der Waals surface area contributed by atoms with Crippen molar-refractivity contribution in [2.45, 2.75) is 233 Å². The zero-order chi connectivity index (χ0) is 70.7. The van der Waals surface area contributed by atoms with Gasteiger partial charge in [-0.3, -0.25) is 33.5 Å². The van der Waals surface area contributed by atoms with E-state index < -0.39 is 133 Å². The number of carboxylic acids is 1. The number of methoxy groups -OCH3 is 2. The number of fused-ring (bicyclic) bond motifs is 10. The van der Waals surface area contributed by atoms with E-state index in [0.717, 1.165) is 75.4 Å². The molecule has 99 heavy (non-hydrogen) atoms. The number of hydrogen-bond donors (Lipinski definition) is 2. The van der Waals surface area contributed by atoms with Crippen LogP contribution in [0.1, 0.15) is 184 Å². The molecule has 23 nitrogen and oxygen atoms in total. The number of hydrogen-bond acceptors (Lipinski definition) is 19. The van der Waals surface area contributed by atoms with Crippen molar-refractivity contribution in [3.8, 4) is 23.3 Å². The third kappa shape index (κ3) is 16.2. The molecule has 0 unspecified atom stereocenters. The van der Waals surface area contributed by atoms with Crippen molar-refractivity contribution in [1.82, 2.24) is 34.5 Å². The lowest BCUT2D eigenvalue weighted by Gasteiger charge is -2.35. The molecule has 6 fully saturated rings. The van der Waals surface area contributed by atoms with Gasteiger partial charge in [-0.25, -0.2) is 41.9 Å². The van der Waals surface area contributed by atoms with Gasteiger partial charge in [0.15, 0.2) is 5.78 Å². The molecule has 4 aromatic rings. The molecule has 14 atom stereocenters. The number of aromatic nitrogens is 4. The van der Waals surface area contributed by atoms with Gasteiger partial charge in [0.2, 0.25) is 45.9 Å². The zero-order valence-corrected chi connectivity index (χ0v) is 58.9. The number of nitrogens with zero attached hydrogens (tertiary/aromatic N) is 6. The number of nitrogens with one attached hydrogen (secondary N) is 1. The van der Waals surface area contributed by atoms with Crippen molar-refractivity contribution in [1.29, 1.82) is 0 Å². The number of aliphatic carboxylic acids is 1. The Labute approximate surface area is 578 Å². The molecule has 4 saturated carbocycles. The van der Waals surface area contributed by atoms with Gasteiger partial charge in [-0.05, 0) is 124 Å². The predicted molar refractivity (Wildman–Crippen MR) is 361 cm³/mol. The Balaban J connectivity index is 0.000000223. The number of esters is 2. The highest BCUT2D eigenvalue weighted by molar-refractivity contribution is 7.91. The summed E-state index contributed by atoms with van der Waals surface area (Å²) in [5.74, 6) is -6.75. The van der Waals surface area contributed by atoms with Gasteiger partial charge in [0.1, 0.15) is 53.3 Å². The first kappa shape index (κ1) is 74.3. The summed E-state index contributed by atoms with van der Waals surface area (Å²) in [6, 6.07) is 8.50. The van der Waals surface area contributed by atoms with Gasteiger partial charge in [-0.15, -0.1) is 0 Å². The number of alkyl halides is 2. The molecule has 2 aromatic heterocycles. The normalized spacial score (nSPS) is 30.4. The minimum Gasteiger partial charge on any atom is -0.497 e. The highest BCUT2D eigenvalue weighted by atomic mass is 32.2. The van der Waals surface area contributed by atoms with Crippen LogP contribution in [0.5, 0.6) is 23.3 Å². The second-order valence-corrected chi connectivity index (χ2v) is 33.4. The molecule has 4 aliphatic carbocycles. The first-order valence-corrected chi connectivity index (χ1v) is 36.3. The highest BCUT2D eigenvalue weighted by Gasteiger charge is 2.67. The molecule has 4 aliphatic heterocycles. The molecule has 8 aliphatic rings. The number of ether oxygens (including phenoxy) is 6. The maximum atomic E-state index is 14.8. The number of amides is 3. The molecule has 26 heteroatoms. The summed E-state index contributed by atoms with van der Waals surface area (Å²) in [6.45, 7) is 16.1. The minimum atomic E-state index is -4.19. The lowest BCUT2D eigenvalue weighted by molar-refractivity contribution is -0.157. The fraction of sp³-hybridized carbons (Fsp3) is 0.685. The van der Waals surface area contributed by atoms with Crippen LogP contribution in [-0.2, 0) is 65.9 Å². The number of benzene rings is 2. The number of rotatable bonds is 10. The number of ketones is 1. The Morgan fingerprint density at radius 2 is 1.10 bits per heavy atom. The maximum Gasteiger partial charge on any atom is 0.326 e. The molecular weight excluding hydrogens is 1300 g/mol. The summed E-state index contributed by atoms with van der Waals surface area (Å²) >= 11 is 0.